The number of aromatic nitrogens is 4. The van der Waals surface area contributed by atoms with Crippen molar-refractivity contribution in [2.24, 2.45) is 23.7 Å². The number of aromatic amines is 2. The molecule has 0 spiro atoms. The predicted molar refractivity (Wildman–Crippen MR) is 264 cm³/mol. The Bertz CT molecular complexity index is 2480. The molecule has 3 aromatic heterocycles. The van der Waals surface area contributed by atoms with Crippen LogP contribution in [0.2, 0.25) is 0 Å². The van der Waals surface area contributed by atoms with Gasteiger partial charge in [0, 0.05) is 74.2 Å². The Morgan fingerprint density at radius 2 is 1.31 bits per heavy atom. The topological polar surface area (TPSA) is 150 Å². The van der Waals surface area contributed by atoms with Crippen molar-refractivity contribution < 1.29 is 29.3 Å². The van der Waals surface area contributed by atoms with Crippen LogP contribution in [0.4, 0.5) is 0 Å². The van der Waals surface area contributed by atoms with E-state index >= 15 is 0 Å². The molecule has 3 aromatic rings. The molecule has 4 N–H and O–H groups in total. The van der Waals surface area contributed by atoms with E-state index in [0.717, 1.165) is 87.0 Å². The van der Waals surface area contributed by atoms with E-state index in [1.54, 1.807) is 6.92 Å². The first-order valence-corrected chi connectivity index (χ1v) is 25.1. The highest BCUT2D eigenvalue weighted by Gasteiger charge is 2.42. The van der Waals surface area contributed by atoms with Gasteiger partial charge in [-0.15, -0.1) is 0 Å². The standard InChI is InChI=1S/C55H80N4O6/c1-13-39-34(7)41-29-46-48(38(11)60)36(9)43(57-46)27-42-35(8)40(52(58-42)50-51(55(63)64-12)54(62)49-37(10)44(59-53(49)50)28-45(39)56-41)23-24-47(61)65-26-25-33(6)22-16-21-32(5)20-15-19-31(4)18-14-17-30(2)3/h27-35,39-40,51,57,59-60,62H,13-26H2,1-12H3/b42-27?,45-28?,46-29?,48-38+/t31-,32-,33?,34+,35-,39+,40-,51+/m0/s1. The molecule has 0 fully saturated rings. The van der Waals surface area contributed by atoms with Gasteiger partial charge in [-0.25, -0.2) is 0 Å². The molecule has 0 aromatic carbocycles. The van der Waals surface area contributed by atoms with Crippen molar-refractivity contribution in [1.29, 1.82) is 0 Å². The Hall–Kier alpha value is -4.60. The van der Waals surface area contributed by atoms with E-state index in [2.05, 4.69) is 77.5 Å². The number of nitrogens with zero attached hydrogens (tertiary/aromatic N) is 2. The van der Waals surface area contributed by atoms with Crippen molar-refractivity contribution in [3.8, 4) is 0 Å². The minimum Gasteiger partial charge on any atom is -0.512 e. The minimum absolute atomic E-state index is 0.0683. The summed E-state index contributed by atoms with van der Waals surface area (Å²) >= 11 is 0. The van der Waals surface area contributed by atoms with Gasteiger partial charge in [-0.1, -0.05) is 113 Å². The molecule has 0 amide bonds. The average Bonchev–Trinajstić information content (AvgIpc) is 4.00. The smallest absolute Gasteiger partial charge is 0.321 e. The van der Waals surface area contributed by atoms with Crippen LogP contribution in [0.5, 0.6) is 0 Å². The Morgan fingerprint density at radius 3 is 1.91 bits per heavy atom. The van der Waals surface area contributed by atoms with Crippen LogP contribution in [0.15, 0.2) is 18.2 Å². The largest absolute Gasteiger partial charge is 0.512 e. The molecule has 1 unspecified atom stereocenters. The van der Waals surface area contributed by atoms with Crippen molar-refractivity contribution in [2.45, 2.75) is 189 Å². The lowest BCUT2D eigenvalue weighted by molar-refractivity contribution is -0.144. The number of rotatable bonds is 20. The second-order valence-electron chi connectivity index (χ2n) is 20.8. The number of nitrogens with one attached hydrogen (secondary N) is 2. The number of fused-ring (bicyclic) bond motifs is 8. The minimum atomic E-state index is -1.08. The van der Waals surface area contributed by atoms with Gasteiger partial charge in [-0.3, -0.25) is 19.6 Å². The third-order valence-electron chi connectivity index (χ3n) is 15.3. The third kappa shape index (κ3) is 11.2. The quantitative estimate of drug-likeness (QED) is 0.0819. The van der Waals surface area contributed by atoms with Crippen LogP contribution in [-0.4, -0.2) is 55.8 Å². The monoisotopic (exact) mass is 893 g/mol. The lowest BCUT2D eigenvalue weighted by Crippen LogP contribution is -2.18. The molecule has 10 heteroatoms. The average molecular weight is 893 g/mol. The maximum atomic E-state index is 13.7. The second-order valence-corrected chi connectivity index (χ2v) is 20.8. The predicted octanol–water partition coefficient (Wildman–Crippen LogP) is 12.5. The fourth-order valence-electron chi connectivity index (χ4n) is 11.0. The zero-order valence-corrected chi connectivity index (χ0v) is 41.7. The lowest BCUT2D eigenvalue weighted by atomic mass is 9.84. The van der Waals surface area contributed by atoms with Crippen LogP contribution in [0.3, 0.4) is 0 Å². The molecule has 65 heavy (non-hydrogen) atoms. The second kappa shape index (κ2) is 21.8. The Balaban J connectivity index is 1.23. The summed E-state index contributed by atoms with van der Waals surface area (Å²) in [5.74, 6) is 0.918. The maximum Gasteiger partial charge on any atom is 0.321 e. The molecule has 6 rings (SSSR count). The van der Waals surface area contributed by atoms with Gasteiger partial charge in [0.05, 0.1) is 36.2 Å². The van der Waals surface area contributed by atoms with E-state index in [1.165, 1.54) is 58.5 Å². The number of aryl methyl sites for hydroxylation is 2. The summed E-state index contributed by atoms with van der Waals surface area (Å²) in [6.07, 6.45) is 13.9. The van der Waals surface area contributed by atoms with Gasteiger partial charge in [-0.2, -0.15) is 0 Å². The SMILES string of the molecule is CC[C@H]1c2cc3[nH]c4c(c5nc(cc6[nH]c(cc(n2)[C@@H]1C)/c(=C(\C)O)c6C)[C@@H](C)[C@@H]5CCC(=O)OCCC(C)CCC[C@@H](C)CCC[C@@H](C)CCCC(C)C)[C@@H](C(=O)OC)C(O)=c4c3C. The zero-order valence-electron chi connectivity index (χ0n) is 41.7. The highest BCUT2D eigenvalue weighted by Crippen LogP contribution is 2.46. The van der Waals surface area contributed by atoms with Crippen molar-refractivity contribution in [2.75, 3.05) is 13.7 Å². The van der Waals surface area contributed by atoms with Crippen LogP contribution in [0.1, 0.15) is 215 Å². The number of hydrogen-bond acceptors (Lipinski definition) is 8. The van der Waals surface area contributed by atoms with Crippen LogP contribution in [0, 0.1) is 37.5 Å². The molecular formula is C55H80N4O6. The van der Waals surface area contributed by atoms with Crippen molar-refractivity contribution in [1.82, 2.24) is 19.9 Å². The normalized spacial score (nSPS) is 21.1. The first-order valence-electron chi connectivity index (χ1n) is 25.1. The van der Waals surface area contributed by atoms with Gasteiger partial charge in [0.2, 0.25) is 0 Å². The number of aliphatic hydroxyl groups is 2. The first kappa shape index (κ1) is 49.8. The summed E-state index contributed by atoms with van der Waals surface area (Å²) in [4.78, 5) is 44.8. The molecule has 5 heterocycles. The summed E-state index contributed by atoms with van der Waals surface area (Å²) in [6.45, 7) is 24.2. The number of H-pyrrole nitrogens is 2. The Labute approximate surface area is 388 Å². The molecule has 8 bridgehead atoms. The first-order chi connectivity index (χ1) is 30.9. The van der Waals surface area contributed by atoms with Crippen molar-refractivity contribution >= 4 is 45.5 Å². The molecule has 2 aliphatic heterocycles. The van der Waals surface area contributed by atoms with Crippen LogP contribution in [-0.2, 0) is 19.1 Å². The number of ether oxygens (including phenoxy) is 2. The van der Waals surface area contributed by atoms with E-state index in [1.807, 2.05) is 19.9 Å². The Kier molecular flexibility index (Phi) is 16.7. The molecule has 3 aliphatic rings. The van der Waals surface area contributed by atoms with E-state index in [9.17, 15) is 19.8 Å². The van der Waals surface area contributed by atoms with Crippen molar-refractivity contribution in [3.05, 3.63) is 68.1 Å². The van der Waals surface area contributed by atoms with Crippen molar-refractivity contribution in [3.63, 3.8) is 0 Å². The number of hydrogen-bond donors (Lipinski definition) is 4. The van der Waals surface area contributed by atoms with Gasteiger partial charge in [0.25, 0.3) is 0 Å². The summed E-state index contributed by atoms with van der Waals surface area (Å²) in [6, 6.07) is 6.14. The summed E-state index contributed by atoms with van der Waals surface area (Å²) in [5.41, 5.74) is 8.55. The van der Waals surface area contributed by atoms with Crippen LogP contribution < -0.4 is 10.4 Å². The van der Waals surface area contributed by atoms with Crippen LogP contribution in [0.25, 0.3) is 33.6 Å². The molecule has 8 atom stereocenters. The number of esters is 2. The molecule has 0 radical (unpaired) electrons. The maximum absolute atomic E-state index is 13.7. The molecular weight excluding hydrogens is 813 g/mol. The Morgan fingerprint density at radius 1 is 0.754 bits per heavy atom. The van der Waals surface area contributed by atoms with Crippen LogP contribution >= 0.6 is 0 Å². The van der Waals surface area contributed by atoms with E-state index in [4.69, 9.17) is 19.4 Å². The van der Waals surface area contributed by atoms with Gasteiger partial charge in [0.1, 0.15) is 11.7 Å². The van der Waals surface area contributed by atoms with E-state index in [0.29, 0.717) is 40.9 Å². The molecule has 1 aliphatic carbocycles. The van der Waals surface area contributed by atoms with E-state index < -0.39 is 11.9 Å². The molecule has 10 nitrogen and oxygen atoms in total. The molecule has 0 saturated carbocycles. The van der Waals surface area contributed by atoms with E-state index in [-0.39, 0.29) is 47.6 Å². The summed E-state index contributed by atoms with van der Waals surface area (Å²) in [7, 11) is 1.33. The number of carbonyl (C=O) groups excluding carboxylic acids is 2. The highest BCUT2D eigenvalue weighted by atomic mass is 16.5. The lowest BCUT2D eigenvalue weighted by Gasteiger charge is -2.19. The number of aliphatic hydroxyl groups excluding tert-OH is 2. The molecule has 356 valence electrons. The molecule has 0 saturated heterocycles. The highest BCUT2D eigenvalue weighted by molar-refractivity contribution is 5.96. The number of carbonyl (C=O) groups is 2. The van der Waals surface area contributed by atoms with Gasteiger partial charge in [0.15, 0.2) is 0 Å². The zero-order chi connectivity index (χ0) is 47.3. The number of methoxy groups -OCH3 is 1. The van der Waals surface area contributed by atoms with Gasteiger partial charge >= 0.3 is 11.9 Å². The van der Waals surface area contributed by atoms with Gasteiger partial charge in [-0.05, 0) is 93.0 Å². The fraction of sp³-hybridized carbons (Fsp3) is 0.636. The fourth-order valence-corrected chi connectivity index (χ4v) is 11.0. The summed E-state index contributed by atoms with van der Waals surface area (Å²) < 4.78 is 11.2. The third-order valence-corrected chi connectivity index (χ3v) is 15.3. The van der Waals surface area contributed by atoms with Gasteiger partial charge < -0.3 is 29.7 Å². The summed E-state index contributed by atoms with van der Waals surface area (Å²) in [5, 5.41) is 24.2.